The molecular weight excluding hydrogens is 359 g/mol. The molecule has 0 aromatic heterocycles. The Morgan fingerprint density at radius 1 is 1.19 bits per heavy atom. The summed E-state index contributed by atoms with van der Waals surface area (Å²) in [7, 11) is 0. The summed E-state index contributed by atoms with van der Waals surface area (Å²) in [4.78, 5) is 12.2. The van der Waals surface area contributed by atoms with Gasteiger partial charge in [-0.25, -0.2) is 4.79 Å². The minimum Gasteiger partial charge on any atom is -0.371 e. The lowest BCUT2D eigenvalue weighted by atomic mass is 9.89. The lowest BCUT2D eigenvalue weighted by molar-refractivity contribution is -0.137. The Balaban J connectivity index is 1.58. The first kappa shape index (κ1) is 19.4. The van der Waals surface area contributed by atoms with E-state index in [1.54, 1.807) is 0 Å². The predicted molar refractivity (Wildman–Crippen MR) is 96.2 cm³/mol. The molecule has 0 spiro atoms. The van der Waals surface area contributed by atoms with Crippen LogP contribution in [0.4, 0.5) is 23.7 Å². The third-order valence-electron chi connectivity index (χ3n) is 4.62. The van der Waals surface area contributed by atoms with E-state index in [2.05, 4.69) is 16.0 Å². The van der Waals surface area contributed by atoms with Crippen LogP contribution in [0.5, 0.6) is 0 Å². The largest absolute Gasteiger partial charge is 0.416 e. The van der Waals surface area contributed by atoms with Crippen molar-refractivity contribution in [3.05, 3.63) is 53.3 Å². The number of urea groups is 1. The number of benzene rings is 1. The fourth-order valence-electron chi connectivity index (χ4n) is 3.14. The van der Waals surface area contributed by atoms with Crippen LogP contribution in [0.25, 0.3) is 0 Å². The highest BCUT2D eigenvalue weighted by atomic mass is 19.4. The van der Waals surface area contributed by atoms with Gasteiger partial charge >= 0.3 is 12.2 Å². The molecule has 1 aromatic carbocycles. The first-order valence-corrected chi connectivity index (χ1v) is 8.81. The molecule has 0 radical (unpaired) electrons. The van der Waals surface area contributed by atoms with Gasteiger partial charge in [0.2, 0.25) is 0 Å². The first-order valence-electron chi connectivity index (χ1n) is 8.81. The number of halogens is 3. The molecular formula is C19H22F3N3O2. The molecule has 1 heterocycles. The van der Waals surface area contributed by atoms with Crippen molar-refractivity contribution in [3.63, 3.8) is 0 Å². The van der Waals surface area contributed by atoms with Crippen molar-refractivity contribution in [2.75, 3.05) is 25.0 Å². The van der Waals surface area contributed by atoms with Crippen LogP contribution in [0, 0.1) is 5.92 Å². The van der Waals surface area contributed by atoms with Crippen molar-refractivity contribution in [2.24, 2.45) is 5.92 Å². The smallest absolute Gasteiger partial charge is 0.371 e. The molecule has 2 atom stereocenters. The zero-order valence-electron chi connectivity index (χ0n) is 14.9. The fourth-order valence-corrected chi connectivity index (χ4v) is 3.14. The van der Waals surface area contributed by atoms with Gasteiger partial charge in [0.15, 0.2) is 0 Å². The maximum Gasteiger partial charge on any atom is 0.416 e. The second kappa shape index (κ2) is 8.14. The van der Waals surface area contributed by atoms with E-state index in [4.69, 9.17) is 4.74 Å². The molecule has 2 amide bonds. The van der Waals surface area contributed by atoms with Gasteiger partial charge in [-0.2, -0.15) is 13.2 Å². The highest BCUT2D eigenvalue weighted by Gasteiger charge is 2.30. The minimum atomic E-state index is -4.40. The number of hydrogen-bond donors (Lipinski definition) is 3. The van der Waals surface area contributed by atoms with Gasteiger partial charge in [0.25, 0.3) is 0 Å². The number of carbonyl (C=O) groups excluding carboxylic acids is 1. The van der Waals surface area contributed by atoms with Gasteiger partial charge in [0, 0.05) is 30.4 Å². The quantitative estimate of drug-likeness (QED) is 0.749. The fraction of sp³-hybridized carbons (Fsp3) is 0.421. The lowest BCUT2D eigenvalue weighted by Crippen LogP contribution is -2.40. The maximum absolute atomic E-state index is 12.6. The molecule has 5 nitrogen and oxygen atoms in total. The topological polar surface area (TPSA) is 62.4 Å². The van der Waals surface area contributed by atoms with Crippen LogP contribution in [0.1, 0.15) is 18.9 Å². The van der Waals surface area contributed by atoms with Crippen molar-refractivity contribution < 1.29 is 22.7 Å². The van der Waals surface area contributed by atoms with Crippen molar-refractivity contribution in [1.82, 2.24) is 10.6 Å². The summed E-state index contributed by atoms with van der Waals surface area (Å²) in [5.41, 5.74) is 1.48. The Morgan fingerprint density at radius 2 is 1.93 bits per heavy atom. The lowest BCUT2D eigenvalue weighted by Gasteiger charge is -2.30. The Kier molecular flexibility index (Phi) is 5.86. The minimum absolute atomic E-state index is 0.0555. The van der Waals surface area contributed by atoms with E-state index in [-0.39, 0.29) is 12.0 Å². The van der Waals surface area contributed by atoms with Gasteiger partial charge in [-0.05, 0) is 42.3 Å². The second-order valence-corrected chi connectivity index (χ2v) is 6.69. The SMILES string of the molecule is CC1CC(C2CNCCO2)=CC=C1NC(=O)Nc1ccc(C(F)(F)F)cc1. The number of anilines is 1. The Morgan fingerprint density at radius 3 is 2.52 bits per heavy atom. The molecule has 0 bridgehead atoms. The molecule has 2 unspecified atom stereocenters. The van der Waals surface area contributed by atoms with Gasteiger partial charge in [-0.1, -0.05) is 13.0 Å². The van der Waals surface area contributed by atoms with Crippen molar-refractivity contribution in [1.29, 1.82) is 0 Å². The van der Waals surface area contributed by atoms with Crippen molar-refractivity contribution in [2.45, 2.75) is 25.6 Å². The van der Waals surface area contributed by atoms with Crippen LogP contribution in [0.3, 0.4) is 0 Å². The molecule has 1 aromatic rings. The molecule has 1 saturated heterocycles. The monoisotopic (exact) mass is 381 g/mol. The number of amides is 2. The van der Waals surface area contributed by atoms with Crippen LogP contribution in [-0.4, -0.2) is 31.8 Å². The highest BCUT2D eigenvalue weighted by molar-refractivity contribution is 5.90. The average Bonchev–Trinajstić information content (AvgIpc) is 2.64. The number of alkyl halides is 3. The third-order valence-corrected chi connectivity index (χ3v) is 4.62. The number of ether oxygens (including phenoxy) is 1. The number of allylic oxidation sites excluding steroid dienone is 3. The molecule has 1 fully saturated rings. The zero-order chi connectivity index (χ0) is 19.4. The number of morpholine rings is 1. The number of rotatable bonds is 3. The van der Waals surface area contributed by atoms with Crippen molar-refractivity contribution >= 4 is 11.7 Å². The molecule has 2 aliphatic rings. The third kappa shape index (κ3) is 5.11. The summed E-state index contributed by atoms with van der Waals surface area (Å²) >= 11 is 0. The summed E-state index contributed by atoms with van der Waals surface area (Å²) < 4.78 is 43.5. The summed E-state index contributed by atoms with van der Waals surface area (Å²) in [6.45, 7) is 4.32. The molecule has 1 aliphatic carbocycles. The van der Waals surface area contributed by atoms with Crippen LogP contribution in [-0.2, 0) is 10.9 Å². The van der Waals surface area contributed by atoms with Gasteiger partial charge < -0.3 is 20.7 Å². The molecule has 27 heavy (non-hydrogen) atoms. The molecule has 0 saturated carbocycles. The van der Waals surface area contributed by atoms with E-state index in [1.807, 2.05) is 19.1 Å². The predicted octanol–water partition coefficient (Wildman–Crippen LogP) is 3.67. The average molecular weight is 381 g/mol. The Bertz CT molecular complexity index is 736. The van der Waals surface area contributed by atoms with Crippen LogP contribution in [0.15, 0.2) is 47.7 Å². The van der Waals surface area contributed by atoms with E-state index in [0.717, 1.165) is 37.3 Å². The second-order valence-electron chi connectivity index (χ2n) is 6.69. The van der Waals surface area contributed by atoms with Gasteiger partial charge in [0.05, 0.1) is 18.3 Å². The van der Waals surface area contributed by atoms with E-state index in [0.29, 0.717) is 12.3 Å². The number of hydrogen-bond acceptors (Lipinski definition) is 3. The summed E-state index contributed by atoms with van der Waals surface area (Å²) in [5.74, 6) is 0.105. The number of carbonyl (C=O) groups is 1. The van der Waals surface area contributed by atoms with E-state index >= 15 is 0 Å². The normalized spacial score (nSPS) is 23.3. The highest BCUT2D eigenvalue weighted by Crippen LogP contribution is 2.30. The van der Waals surface area contributed by atoms with Gasteiger partial charge in [-0.15, -0.1) is 0 Å². The maximum atomic E-state index is 12.6. The van der Waals surface area contributed by atoms with Crippen LogP contribution < -0.4 is 16.0 Å². The van der Waals surface area contributed by atoms with Gasteiger partial charge in [-0.3, -0.25) is 0 Å². The molecule has 1 aliphatic heterocycles. The molecule has 8 heteroatoms. The van der Waals surface area contributed by atoms with E-state index in [9.17, 15) is 18.0 Å². The Hall–Kier alpha value is -2.32. The Labute approximate surface area is 155 Å². The van der Waals surface area contributed by atoms with E-state index < -0.39 is 17.8 Å². The molecule has 146 valence electrons. The molecule has 3 rings (SSSR count). The molecule has 3 N–H and O–H groups in total. The van der Waals surface area contributed by atoms with Crippen molar-refractivity contribution in [3.8, 4) is 0 Å². The van der Waals surface area contributed by atoms with Gasteiger partial charge in [0.1, 0.15) is 0 Å². The van der Waals surface area contributed by atoms with Crippen LogP contribution in [0.2, 0.25) is 0 Å². The van der Waals surface area contributed by atoms with Crippen LogP contribution >= 0.6 is 0 Å². The summed E-state index contributed by atoms with van der Waals surface area (Å²) in [6.07, 6.45) is 0.253. The standard InChI is InChI=1S/C19H22F3N3O2/c1-12-10-13(17-11-23-8-9-27-17)2-7-16(12)25-18(26)24-15-5-3-14(4-6-15)19(20,21)22/h2-7,12,17,23H,8-11H2,1H3,(H2,24,25,26). The first-order chi connectivity index (χ1) is 12.8. The van der Waals surface area contributed by atoms with E-state index in [1.165, 1.54) is 17.7 Å². The number of nitrogens with one attached hydrogen (secondary N) is 3. The summed E-state index contributed by atoms with van der Waals surface area (Å²) in [5, 5.41) is 8.62. The summed E-state index contributed by atoms with van der Waals surface area (Å²) in [6, 6.07) is 3.84. The zero-order valence-corrected chi connectivity index (χ0v) is 14.9.